The van der Waals surface area contributed by atoms with Crippen LogP contribution in [0, 0.1) is 5.41 Å². The van der Waals surface area contributed by atoms with E-state index >= 15 is 0 Å². The van der Waals surface area contributed by atoms with E-state index in [4.69, 9.17) is 5.11 Å². The largest absolute Gasteiger partial charge is 0.481 e. The molecule has 0 aromatic heterocycles. The van der Waals surface area contributed by atoms with Crippen LogP contribution in [0.2, 0.25) is 0 Å². The average molecular weight is 198 g/mol. The van der Waals surface area contributed by atoms with E-state index in [1.807, 2.05) is 0 Å². The Kier molecular flexibility index (Phi) is 1.93. The summed E-state index contributed by atoms with van der Waals surface area (Å²) in [6, 6.07) is 0. The number of hydrogen-bond acceptors (Lipinski definition) is 3. The van der Waals surface area contributed by atoms with Gasteiger partial charge < -0.3 is 10.2 Å². The zero-order chi connectivity index (χ0) is 10.4. The van der Waals surface area contributed by atoms with Crippen molar-refractivity contribution in [2.24, 2.45) is 5.41 Å². The first-order valence-corrected chi connectivity index (χ1v) is 4.98. The van der Waals surface area contributed by atoms with Crippen molar-refractivity contribution < 1.29 is 19.8 Å². The fourth-order valence-corrected chi connectivity index (χ4v) is 2.42. The van der Waals surface area contributed by atoms with Crippen LogP contribution in [0.3, 0.4) is 0 Å². The molecule has 0 saturated heterocycles. The molecule has 0 atom stereocenters. The predicted octanol–water partition coefficient (Wildman–Crippen LogP) is 0.725. The zero-order valence-corrected chi connectivity index (χ0v) is 7.95. The van der Waals surface area contributed by atoms with E-state index in [0.717, 1.165) is 0 Å². The highest BCUT2D eigenvalue weighted by Crippen LogP contribution is 2.58. The number of carbonyl (C=O) groups excluding carboxylic acids is 1. The summed E-state index contributed by atoms with van der Waals surface area (Å²) in [6.07, 6.45) is 2.38. The van der Waals surface area contributed by atoms with E-state index in [2.05, 4.69) is 0 Å². The molecule has 4 heteroatoms. The Morgan fingerprint density at radius 2 is 1.64 bits per heavy atom. The molecular weight excluding hydrogens is 184 g/mol. The average Bonchev–Trinajstić information content (AvgIpc) is 2.91. The van der Waals surface area contributed by atoms with E-state index in [1.165, 1.54) is 0 Å². The summed E-state index contributed by atoms with van der Waals surface area (Å²) in [4.78, 5) is 22.0. The SMILES string of the molecule is O=C1CCC(O)(C2(C(=O)O)CC2)CC1. The standard InChI is InChI=1S/C10H14O4/c11-7-1-3-10(14,4-2-7)9(5-6-9)8(12)13/h14H,1-6H2,(H,12,13). The van der Waals surface area contributed by atoms with Crippen molar-refractivity contribution in [1.82, 2.24) is 0 Å². The molecule has 2 aliphatic carbocycles. The van der Waals surface area contributed by atoms with Gasteiger partial charge in [0.05, 0.1) is 11.0 Å². The Labute approximate surface area is 81.9 Å². The second kappa shape index (κ2) is 2.79. The Hall–Kier alpha value is -0.900. The molecule has 2 fully saturated rings. The molecule has 2 aliphatic rings. The fraction of sp³-hybridized carbons (Fsp3) is 0.800. The number of carbonyl (C=O) groups is 2. The van der Waals surface area contributed by atoms with Crippen molar-refractivity contribution in [2.45, 2.75) is 44.1 Å². The van der Waals surface area contributed by atoms with Gasteiger partial charge in [-0.25, -0.2) is 0 Å². The lowest BCUT2D eigenvalue weighted by Crippen LogP contribution is -2.47. The van der Waals surface area contributed by atoms with Gasteiger partial charge >= 0.3 is 5.97 Å². The van der Waals surface area contributed by atoms with E-state index in [-0.39, 0.29) is 5.78 Å². The normalized spacial score (nSPS) is 28.5. The second-order valence-corrected chi connectivity index (χ2v) is 4.46. The zero-order valence-electron chi connectivity index (χ0n) is 7.95. The minimum Gasteiger partial charge on any atom is -0.481 e. The third-order valence-corrected chi connectivity index (χ3v) is 3.69. The van der Waals surface area contributed by atoms with Gasteiger partial charge in [-0.05, 0) is 25.7 Å². The molecule has 4 nitrogen and oxygen atoms in total. The predicted molar refractivity (Wildman–Crippen MR) is 47.7 cm³/mol. The monoisotopic (exact) mass is 198 g/mol. The van der Waals surface area contributed by atoms with Crippen LogP contribution in [0.5, 0.6) is 0 Å². The lowest BCUT2D eigenvalue weighted by Gasteiger charge is -2.36. The van der Waals surface area contributed by atoms with E-state index in [1.54, 1.807) is 0 Å². The molecule has 2 saturated carbocycles. The highest BCUT2D eigenvalue weighted by Gasteiger charge is 2.64. The first-order valence-electron chi connectivity index (χ1n) is 4.98. The molecule has 0 radical (unpaired) electrons. The molecule has 0 aliphatic heterocycles. The molecular formula is C10H14O4. The molecule has 0 heterocycles. The minimum atomic E-state index is -1.13. The Balaban J connectivity index is 2.17. The first kappa shape index (κ1) is 9.65. The lowest BCUT2D eigenvalue weighted by atomic mass is 9.73. The highest BCUT2D eigenvalue weighted by molar-refractivity contribution is 5.83. The summed E-state index contributed by atoms with van der Waals surface area (Å²) >= 11 is 0. The molecule has 0 aromatic carbocycles. The quantitative estimate of drug-likeness (QED) is 0.685. The number of rotatable bonds is 2. The Bertz CT molecular complexity index is 280. The van der Waals surface area contributed by atoms with E-state index < -0.39 is 17.0 Å². The van der Waals surface area contributed by atoms with Crippen LogP contribution in [0.1, 0.15) is 38.5 Å². The van der Waals surface area contributed by atoms with Gasteiger partial charge in [-0.3, -0.25) is 9.59 Å². The summed E-state index contributed by atoms with van der Waals surface area (Å²) in [6.45, 7) is 0. The van der Waals surface area contributed by atoms with Gasteiger partial charge in [-0.15, -0.1) is 0 Å². The third-order valence-electron chi connectivity index (χ3n) is 3.69. The molecule has 78 valence electrons. The van der Waals surface area contributed by atoms with Gasteiger partial charge in [-0.1, -0.05) is 0 Å². The summed E-state index contributed by atoms with van der Waals surface area (Å²) in [5.41, 5.74) is -2.07. The van der Waals surface area contributed by atoms with Gasteiger partial charge in [0.2, 0.25) is 0 Å². The summed E-state index contributed by atoms with van der Waals surface area (Å²) in [5, 5.41) is 19.3. The molecule has 0 aromatic rings. The fourth-order valence-electron chi connectivity index (χ4n) is 2.42. The third kappa shape index (κ3) is 1.17. The van der Waals surface area contributed by atoms with E-state index in [0.29, 0.717) is 38.5 Å². The lowest BCUT2D eigenvalue weighted by molar-refractivity contribution is -0.161. The summed E-state index contributed by atoms with van der Waals surface area (Å²) in [7, 11) is 0. The second-order valence-electron chi connectivity index (χ2n) is 4.46. The number of aliphatic hydroxyl groups is 1. The van der Waals surface area contributed by atoms with Gasteiger partial charge in [0.25, 0.3) is 0 Å². The van der Waals surface area contributed by atoms with Crippen LogP contribution in [0.15, 0.2) is 0 Å². The first-order chi connectivity index (χ1) is 6.50. The maximum Gasteiger partial charge on any atom is 0.312 e. The van der Waals surface area contributed by atoms with Gasteiger partial charge in [0, 0.05) is 12.8 Å². The van der Waals surface area contributed by atoms with Crippen molar-refractivity contribution in [3.05, 3.63) is 0 Å². The molecule has 0 spiro atoms. The molecule has 0 unspecified atom stereocenters. The van der Waals surface area contributed by atoms with Crippen LogP contribution in [-0.2, 0) is 9.59 Å². The van der Waals surface area contributed by atoms with Gasteiger partial charge in [0.15, 0.2) is 0 Å². The molecule has 2 N–H and O–H groups in total. The molecule has 0 amide bonds. The van der Waals surface area contributed by atoms with Gasteiger partial charge in [0.1, 0.15) is 5.78 Å². The van der Waals surface area contributed by atoms with Crippen LogP contribution in [0.4, 0.5) is 0 Å². The minimum absolute atomic E-state index is 0.135. The Morgan fingerprint density at radius 1 is 1.14 bits per heavy atom. The van der Waals surface area contributed by atoms with Crippen LogP contribution >= 0.6 is 0 Å². The highest BCUT2D eigenvalue weighted by atomic mass is 16.4. The summed E-state index contributed by atoms with van der Waals surface area (Å²) < 4.78 is 0. The van der Waals surface area contributed by atoms with Crippen molar-refractivity contribution in [3.8, 4) is 0 Å². The maximum absolute atomic E-state index is 11.0. The Morgan fingerprint density at radius 3 is 2.00 bits per heavy atom. The summed E-state index contributed by atoms with van der Waals surface area (Å²) in [5.74, 6) is -0.773. The number of hydrogen-bond donors (Lipinski definition) is 2. The van der Waals surface area contributed by atoms with Crippen LogP contribution in [0.25, 0.3) is 0 Å². The van der Waals surface area contributed by atoms with Crippen molar-refractivity contribution in [3.63, 3.8) is 0 Å². The van der Waals surface area contributed by atoms with Gasteiger partial charge in [-0.2, -0.15) is 0 Å². The van der Waals surface area contributed by atoms with Crippen molar-refractivity contribution >= 4 is 11.8 Å². The van der Waals surface area contributed by atoms with Crippen molar-refractivity contribution in [1.29, 1.82) is 0 Å². The molecule has 2 rings (SSSR count). The molecule has 14 heavy (non-hydrogen) atoms. The molecule has 0 bridgehead atoms. The number of Topliss-reactive ketones (excluding diaryl/α,β-unsaturated/α-hetero) is 1. The number of carboxylic acids is 1. The smallest absolute Gasteiger partial charge is 0.312 e. The van der Waals surface area contributed by atoms with Crippen LogP contribution < -0.4 is 0 Å². The number of carboxylic acid groups (broad SMARTS) is 1. The number of aliphatic carboxylic acids is 1. The van der Waals surface area contributed by atoms with E-state index in [9.17, 15) is 14.7 Å². The van der Waals surface area contributed by atoms with Crippen LogP contribution in [-0.4, -0.2) is 27.6 Å². The maximum atomic E-state index is 11.0. The number of ketones is 1. The topological polar surface area (TPSA) is 74.6 Å². The van der Waals surface area contributed by atoms with Crippen molar-refractivity contribution in [2.75, 3.05) is 0 Å².